The van der Waals surface area contributed by atoms with E-state index in [4.69, 9.17) is 29.9 Å². The molecule has 2 unspecified atom stereocenters. The molecule has 2 bridgehead atoms. The molecule has 11 aromatic rings. The third kappa shape index (κ3) is 5.85. The maximum Gasteiger partial charge on any atom is 0.165 e. The van der Waals surface area contributed by atoms with Gasteiger partial charge in [0.15, 0.2) is 34.9 Å². The smallest absolute Gasteiger partial charge is 0.165 e. The Morgan fingerprint density at radius 1 is 0.286 bits per heavy atom. The van der Waals surface area contributed by atoms with E-state index < -0.39 is 0 Å². The SMILES string of the molecule is c1ccc(-c2nc(-c3ccccc3)nc(-c3ccc4c(c3)C3c5ccccc5C4c4cc(-c5nc(-c6ccccc6)nc(-c6cccc7c6sc6ccccc67)n5)ccc43)n2)cc1. The highest BCUT2D eigenvalue weighted by molar-refractivity contribution is 7.26. The highest BCUT2D eigenvalue weighted by atomic mass is 32.1. The van der Waals surface area contributed by atoms with Gasteiger partial charge in [-0.05, 0) is 57.6 Å². The molecule has 63 heavy (non-hydrogen) atoms. The lowest BCUT2D eigenvalue weighted by molar-refractivity contribution is 0.754. The fourth-order valence-electron chi connectivity index (χ4n) is 9.70. The Morgan fingerprint density at radius 2 is 0.683 bits per heavy atom. The molecular weight excluding hydrogens is 789 g/mol. The van der Waals surface area contributed by atoms with Gasteiger partial charge in [0, 0.05) is 65.4 Å². The lowest BCUT2D eigenvalue weighted by Gasteiger charge is -2.42. The summed E-state index contributed by atoms with van der Waals surface area (Å²) in [5.74, 6) is 4.01. The Balaban J connectivity index is 0.953. The minimum atomic E-state index is 0.0329. The third-order valence-electron chi connectivity index (χ3n) is 12.6. The van der Waals surface area contributed by atoms with Gasteiger partial charge < -0.3 is 0 Å². The van der Waals surface area contributed by atoms with Gasteiger partial charge in [-0.2, -0.15) is 0 Å². The fourth-order valence-corrected chi connectivity index (χ4v) is 10.9. The van der Waals surface area contributed by atoms with Gasteiger partial charge in [-0.1, -0.05) is 170 Å². The highest BCUT2D eigenvalue weighted by Crippen LogP contribution is 2.56. The van der Waals surface area contributed by atoms with Gasteiger partial charge in [0.25, 0.3) is 0 Å². The molecule has 3 heterocycles. The van der Waals surface area contributed by atoms with E-state index in [-0.39, 0.29) is 11.8 Å². The summed E-state index contributed by atoms with van der Waals surface area (Å²) in [5.41, 5.74) is 13.6. The maximum atomic E-state index is 5.29. The van der Waals surface area contributed by atoms with Crippen LogP contribution in [0.15, 0.2) is 194 Å². The molecule has 0 radical (unpaired) electrons. The molecule has 294 valence electrons. The first-order valence-electron chi connectivity index (χ1n) is 21.2. The van der Waals surface area contributed by atoms with Gasteiger partial charge in [-0.25, -0.2) is 29.9 Å². The van der Waals surface area contributed by atoms with Gasteiger partial charge in [-0.15, -0.1) is 11.3 Å². The second-order valence-corrected chi connectivity index (χ2v) is 17.2. The molecule has 0 N–H and O–H groups in total. The zero-order valence-corrected chi connectivity index (χ0v) is 34.5. The van der Waals surface area contributed by atoms with Crippen LogP contribution in [0, 0.1) is 0 Å². The van der Waals surface area contributed by atoms with Crippen molar-refractivity contribution in [3.05, 3.63) is 228 Å². The molecule has 0 aliphatic heterocycles. The van der Waals surface area contributed by atoms with Crippen molar-refractivity contribution < 1.29 is 0 Å². The molecule has 8 aromatic carbocycles. The molecule has 3 aliphatic carbocycles. The zero-order valence-electron chi connectivity index (χ0n) is 33.7. The molecule has 14 rings (SSSR count). The van der Waals surface area contributed by atoms with Gasteiger partial charge >= 0.3 is 0 Å². The van der Waals surface area contributed by atoms with E-state index >= 15 is 0 Å². The van der Waals surface area contributed by atoms with Crippen LogP contribution in [-0.4, -0.2) is 29.9 Å². The van der Waals surface area contributed by atoms with Crippen LogP contribution < -0.4 is 0 Å². The van der Waals surface area contributed by atoms with Crippen molar-refractivity contribution in [2.45, 2.75) is 11.8 Å². The molecule has 0 saturated heterocycles. The van der Waals surface area contributed by atoms with E-state index in [1.54, 1.807) is 11.3 Å². The molecule has 2 atom stereocenters. The highest BCUT2D eigenvalue weighted by Gasteiger charge is 2.41. The standard InChI is InChI=1S/C56H34N6S/c1-4-15-33(16-5-1)51-57-52(34-17-6-2-7-18-34)59-54(58-51)36-27-29-41-45(31-36)48-39-22-10-11-23-40(39)49(41)46-32-37(28-30-42(46)48)55-60-53(35-19-8-3-9-20-35)61-56(62-55)44-25-14-24-43-38-21-12-13-26-47(38)63-50(43)44/h1-32,48-49H. The number of hydrogen-bond acceptors (Lipinski definition) is 7. The summed E-state index contributed by atoms with van der Waals surface area (Å²) in [6.07, 6.45) is 0. The van der Waals surface area contributed by atoms with E-state index in [1.165, 1.54) is 53.6 Å². The summed E-state index contributed by atoms with van der Waals surface area (Å²) in [7, 11) is 0. The van der Waals surface area contributed by atoms with Crippen molar-refractivity contribution in [2.24, 2.45) is 0 Å². The Bertz CT molecular complexity index is 3530. The Labute approximate surface area is 367 Å². The lowest BCUT2D eigenvalue weighted by Crippen LogP contribution is -2.27. The zero-order chi connectivity index (χ0) is 41.4. The van der Waals surface area contributed by atoms with Crippen LogP contribution in [0.3, 0.4) is 0 Å². The molecule has 0 spiro atoms. The summed E-state index contributed by atoms with van der Waals surface area (Å²) in [6, 6.07) is 68.1. The second kappa shape index (κ2) is 14.3. The summed E-state index contributed by atoms with van der Waals surface area (Å²) in [6.45, 7) is 0. The number of aromatic nitrogens is 6. The maximum absolute atomic E-state index is 5.29. The predicted octanol–water partition coefficient (Wildman–Crippen LogP) is 13.4. The molecular formula is C56H34N6S. The van der Waals surface area contributed by atoms with E-state index in [0.717, 1.165) is 33.4 Å². The van der Waals surface area contributed by atoms with Crippen molar-refractivity contribution >= 4 is 31.5 Å². The van der Waals surface area contributed by atoms with Gasteiger partial charge in [0.1, 0.15) is 0 Å². The number of benzene rings is 8. The van der Waals surface area contributed by atoms with Crippen LogP contribution in [0.4, 0.5) is 0 Å². The summed E-state index contributed by atoms with van der Waals surface area (Å²) in [5, 5.41) is 2.46. The van der Waals surface area contributed by atoms with Crippen LogP contribution in [0.25, 0.3) is 88.5 Å². The first kappa shape index (κ1) is 35.7. The summed E-state index contributed by atoms with van der Waals surface area (Å²) < 4.78 is 2.42. The monoisotopic (exact) mass is 822 g/mol. The Hall–Kier alpha value is -8.00. The Morgan fingerprint density at radius 3 is 1.19 bits per heavy atom. The average molecular weight is 823 g/mol. The van der Waals surface area contributed by atoms with Crippen molar-refractivity contribution in [1.82, 2.24) is 29.9 Å². The summed E-state index contributed by atoms with van der Waals surface area (Å²) in [4.78, 5) is 30.8. The molecule has 3 aliphatic rings. The average Bonchev–Trinajstić information content (AvgIpc) is 3.75. The second-order valence-electron chi connectivity index (χ2n) is 16.2. The van der Waals surface area contributed by atoms with E-state index in [1.807, 2.05) is 78.9 Å². The largest absolute Gasteiger partial charge is 0.208 e. The number of hydrogen-bond donors (Lipinski definition) is 0. The first-order valence-corrected chi connectivity index (χ1v) is 22.0. The normalized spacial score (nSPS) is 14.7. The number of thiophene rings is 1. The topological polar surface area (TPSA) is 77.3 Å². The minimum absolute atomic E-state index is 0.0329. The van der Waals surface area contributed by atoms with Crippen LogP contribution in [0.5, 0.6) is 0 Å². The number of rotatable bonds is 6. The quantitative estimate of drug-likeness (QED) is 0.166. The van der Waals surface area contributed by atoms with Gasteiger partial charge in [0.05, 0.1) is 0 Å². The number of fused-ring (bicyclic) bond motifs is 3. The van der Waals surface area contributed by atoms with Crippen LogP contribution >= 0.6 is 11.3 Å². The van der Waals surface area contributed by atoms with Crippen molar-refractivity contribution in [1.29, 1.82) is 0 Å². The molecule has 0 fully saturated rings. The van der Waals surface area contributed by atoms with E-state index in [2.05, 4.69) is 115 Å². The van der Waals surface area contributed by atoms with Crippen molar-refractivity contribution in [3.63, 3.8) is 0 Å². The van der Waals surface area contributed by atoms with Crippen molar-refractivity contribution in [3.8, 4) is 68.3 Å². The van der Waals surface area contributed by atoms with Gasteiger partial charge in [0.2, 0.25) is 0 Å². The lowest BCUT2D eigenvalue weighted by atomic mass is 9.61. The predicted molar refractivity (Wildman–Crippen MR) is 253 cm³/mol. The molecule has 7 heteroatoms. The molecule has 3 aromatic heterocycles. The minimum Gasteiger partial charge on any atom is -0.208 e. The first-order chi connectivity index (χ1) is 31.2. The van der Waals surface area contributed by atoms with Crippen LogP contribution in [-0.2, 0) is 0 Å². The Kier molecular flexibility index (Phi) is 8.11. The van der Waals surface area contributed by atoms with Gasteiger partial charge in [-0.3, -0.25) is 0 Å². The fraction of sp³-hybridized carbons (Fsp3) is 0.0357. The van der Waals surface area contributed by atoms with Crippen LogP contribution in [0.1, 0.15) is 45.2 Å². The molecule has 0 amide bonds. The van der Waals surface area contributed by atoms with E-state index in [0.29, 0.717) is 34.9 Å². The van der Waals surface area contributed by atoms with E-state index in [9.17, 15) is 0 Å². The van der Waals surface area contributed by atoms with Crippen molar-refractivity contribution in [2.75, 3.05) is 0 Å². The van der Waals surface area contributed by atoms with Crippen LogP contribution in [0.2, 0.25) is 0 Å². The number of nitrogens with zero attached hydrogens (tertiary/aromatic N) is 6. The third-order valence-corrected chi connectivity index (χ3v) is 13.8. The summed E-state index contributed by atoms with van der Waals surface area (Å²) >= 11 is 1.79. The molecule has 6 nitrogen and oxygen atoms in total. The molecule has 0 saturated carbocycles.